The van der Waals surface area contributed by atoms with Gasteiger partial charge in [-0.1, -0.05) is 12.1 Å². The summed E-state index contributed by atoms with van der Waals surface area (Å²) in [6, 6.07) is 11.4. The van der Waals surface area contributed by atoms with Crippen molar-refractivity contribution in [1.29, 1.82) is 0 Å². The standard InChI is InChI=1S/C25H20N2O5/c1-15-7-20-18(12-27(13-29-20)11-17-3-2-6-26-10-17)25-23(15)24(28)22(32-25)9-16-4-5-19-21(8-16)31-14-30-19/h2-10H,11-14H2,1H3/b22-9-. The van der Waals surface area contributed by atoms with E-state index in [1.165, 1.54) is 0 Å². The number of ether oxygens (including phenoxy) is 4. The molecule has 1 aromatic heterocycles. The summed E-state index contributed by atoms with van der Waals surface area (Å²) in [6.07, 6.45) is 5.35. The minimum Gasteiger partial charge on any atom is -0.478 e. The number of aryl methyl sites for hydroxylation is 1. The summed E-state index contributed by atoms with van der Waals surface area (Å²) in [7, 11) is 0. The number of ketones is 1. The molecular weight excluding hydrogens is 408 g/mol. The quantitative estimate of drug-likeness (QED) is 0.582. The van der Waals surface area contributed by atoms with Gasteiger partial charge in [0.1, 0.15) is 18.2 Å². The van der Waals surface area contributed by atoms with E-state index in [0.717, 1.165) is 28.0 Å². The number of allylic oxidation sites excluding steroid dienone is 1. The Morgan fingerprint density at radius 3 is 2.88 bits per heavy atom. The molecule has 32 heavy (non-hydrogen) atoms. The van der Waals surface area contributed by atoms with Gasteiger partial charge in [0.05, 0.1) is 11.1 Å². The number of fused-ring (bicyclic) bond motifs is 4. The summed E-state index contributed by atoms with van der Waals surface area (Å²) in [6.45, 7) is 3.90. The Morgan fingerprint density at radius 1 is 1.09 bits per heavy atom. The summed E-state index contributed by atoms with van der Waals surface area (Å²) >= 11 is 0. The van der Waals surface area contributed by atoms with Gasteiger partial charge >= 0.3 is 0 Å². The van der Waals surface area contributed by atoms with Gasteiger partial charge in [-0.25, -0.2) is 0 Å². The minimum atomic E-state index is -0.123. The van der Waals surface area contributed by atoms with Crippen LogP contribution in [0.4, 0.5) is 0 Å². The van der Waals surface area contributed by atoms with Gasteiger partial charge in [0.25, 0.3) is 0 Å². The molecular formula is C25H20N2O5. The second-order valence-electron chi connectivity index (χ2n) is 8.05. The number of pyridine rings is 1. The van der Waals surface area contributed by atoms with E-state index in [4.69, 9.17) is 18.9 Å². The van der Waals surface area contributed by atoms with Crippen LogP contribution < -0.4 is 18.9 Å². The Bertz CT molecular complexity index is 1270. The van der Waals surface area contributed by atoms with Crippen LogP contribution in [0, 0.1) is 6.92 Å². The molecule has 2 aromatic carbocycles. The first-order valence-corrected chi connectivity index (χ1v) is 10.4. The molecule has 0 radical (unpaired) electrons. The van der Waals surface area contributed by atoms with Crippen LogP contribution in [0.3, 0.4) is 0 Å². The predicted molar refractivity (Wildman–Crippen MR) is 116 cm³/mol. The lowest BCUT2D eigenvalue weighted by Gasteiger charge is -2.30. The third-order valence-corrected chi connectivity index (χ3v) is 5.81. The van der Waals surface area contributed by atoms with Crippen molar-refractivity contribution in [1.82, 2.24) is 9.88 Å². The fourth-order valence-electron chi connectivity index (χ4n) is 4.28. The summed E-state index contributed by atoms with van der Waals surface area (Å²) < 4.78 is 23.0. The monoisotopic (exact) mass is 428 g/mol. The first-order valence-electron chi connectivity index (χ1n) is 10.4. The zero-order valence-corrected chi connectivity index (χ0v) is 17.5. The van der Waals surface area contributed by atoms with Crippen LogP contribution in [0.2, 0.25) is 0 Å². The van der Waals surface area contributed by atoms with Gasteiger partial charge in [-0.2, -0.15) is 0 Å². The normalized spacial score (nSPS) is 17.7. The van der Waals surface area contributed by atoms with Gasteiger partial charge < -0.3 is 18.9 Å². The molecule has 0 bridgehead atoms. The molecule has 6 rings (SSSR count). The second-order valence-corrected chi connectivity index (χ2v) is 8.05. The van der Waals surface area contributed by atoms with Crippen molar-refractivity contribution in [3.63, 3.8) is 0 Å². The highest BCUT2D eigenvalue weighted by molar-refractivity contribution is 6.16. The van der Waals surface area contributed by atoms with E-state index >= 15 is 0 Å². The zero-order valence-electron chi connectivity index (χ0n) is 17.5. The van der Waals surface area contributed by atoms with Crippen LogP contribution in [0.25, 0.3) is 6.08 Å². The Balaban J connectivity index is 1.32. The van der Waals surface area contributed by atoms with Crippen LogP contribution in [-0.2, 0) is 13.1 Å². The van der Waals surface area contributed by atoms with Gasteiger partial charge in [-0.15, -0.1) is 0 Å². The third kappa shape index (κ3) is 3.18. The Morgan fingerprint density at radius 2 is 2.00 bits per heavy atom. The lowest BCUT2D eigenvalue weighted by atomic mass is 9.98. The molecule has 160 valence electrons. The van der Waals surface area contributed by atoms with Gasteiger partial charge in [-0.05, 0) is 54.0 Å². The van der Waals surface area contributed by atoms with Crippen LogP contribution in [-0.4, -0.2) is 29.2 Å². The summed E-state index contributed by atoms with van der Waals surface area (Å²) in [5.41, 5.74) is 4.25. The summed E-state index contributed by atoms with van der Waals surface area (Å²) in [5.74, 6) is 2.89. The Kier molecular flexibility index (Phi) is 4.36. The lowest BCUT2D eigenvalue weighted by molar-refractivity contribution is 0.0871. The van der Waals surface area contributed by atoms with E-state index in [1.54, 1.807) is 12.3 Å². The maximum absolute atomic E-state index is 13.2. The van der Waals surface area contributed by atoms with Crippen molar-refractivity contribution < 1.29 is 23.7 Å². The average molecular weight is 428 g/mol. The van der Waals surface area contributed by atoms with Gasteiger partial charge in [-0.3, -0.25) is 14.7 Å². The number of nitrogens with zero attached hydrogens (tertiary/aromatic N) is 2. The molecule has 4 heterocycles. The highest BCUT2D eigenvalue weighted by Crippen LogP contribution is 2.44. The Labute approximate surface area is 184 Å². The molecule has 0 atom stereocenters. The summed E-state index contributed by atoms with van der Waals surface area (Å²) in [4.78, 5) is 19.5. The fraction of sp³-hybridized carbons (Fsp3) is 0.200. The maximum Gasteiger partial charge on any atom is 0.232 e. The SMILES string of the molecule is Cc1cc2c(c3c1C(=O)/C(=C/c1ccc4c(c1)OCO4)O3)CN(Cc1cccnc1)CO2. The molecule has 0 amide bonds. The minimum absolute atomic E-state index is 0.123. The topological polar surface area (TPSA) is 70.1 Å². The number of carbonyl (C=O) groups is 1. The van der Waals surface area contributed by atoms with E-state index in [9.17, 15) is 4.79 Å². The number of hydrogen-bond acceptors (Lipinski definition) is 7. The molecule has 7 heteroatoms. The highest BCUT2D eigenvalue weighted by atomic mass is 16.7. The number of benzene rings is 2. The molecule has 3 aromatic rings. The number of rotatable bonds is 3. The lowest BCUT2D eigenvalue weighted by Crippen LogP contribution is -2.31. The van der Waals surface area contributed by atoms with Gasteiger partial charge in [0.2, 0.25) is 12.6 Å². The molecule has 0 fully saturated rings. The van der Waals surface area contributed by atoms with E-state index < -0.39 is 0 Å². The molecule has 3 aliphatic rings. The van der Waals surface area contributed by atoms with Gasteiger partial charge in [0.15, 0.2) is 17.3 Å². The van der Waals surface area contributed by atoms with E-state index in [1.807, 2.05) is 49.5 Å². The van der Waals surface area contributed by atoms with Gasteiger partial charge in [0, 0.05) is 25.5 Å². The van der Waals surface area contributed by atoms with Crippen molar-refractivity contribution in [3.8, 4) is 23.0 Å². The molecule has 0 N–H and O–H groups in total. The van der Waals surface area contributed by atoms with E-state index in [-0.39, 0.29) is 12.6 Å². The fourth-order valence-corrected chi connectivity index (χ4v) is 4.28. The summed E-state index contributed by atoms with van der Waals surface area (Å²) in [5, 5.41) is 0. The molecule has 0 aliphatic carbocycles. The molecule has 7 nitrogen and oxygen atoms in total. The van der Waals surface area contributed by atoms with Crippen molar-refractivity contribution in [2.75, 3.05) is 13.5 Å². The molecule has 3 aliphatic heterocycles. The average Bonchev–Trinajstić information content (AvgIpc) is 3.40. The largest absolute Gasteiger partial charge is 0.478 e. The first kappa shape index (κ1) is 18.9. The third-order valence-electron chi connectivity index (χ3n) is 5.81. The molecule has 0 saturated carbocycles. The first-order chi connectivity index (χ1) is 15.7. The number of carbonyl (C=O) groups excluding carboxylic acids is 1. The molecule has 0 unspecified atom stereocenters. The Hall–Kier alpha value is -3.84. The predicted octanol–water partition coefficient (Wildman–Crippen LogP) is 4.09. The van der Waals surface area contributed by atoms with Crippen molar-refractivity contribution in [3.05, 3.63) is 82.4 Å². The maximum atomic E-state index is 13.2. The van der Waals surface area contributed by atoms with E-state index in [2.05, 4.69) is 9.88 Å². The van der Waals surface area contributed by atoms with Crippen LogP contribution in [0.15, 0.2) is 54.6 Å². The van der Waals surface area contributed by atoms with Crippen molar-refractivity contribution in [2.45, 2.75) is 20.0 Å². The van der Waals surface area contributed by atoms with E-state index in [0.29, 0.717) is 48.4 Å². The molecule has 0 spiro atoms. The number of hydrogen-bond donors (Lipinski definition) is 0. The van der Waals surface area contributed by atoms with Crippen LogP contribution in [0.1, 0.15) is 32.6 Å². The number of Topliss-reactive ketones (excluding diaryl/α,β-unsaturated/α-hetero) is 1. The van der Waals surface area contributed by atoms with Crippen LogP contribution >= 0.6 is 0 Å². The molecule has 0 saturated heterocycles. The van der Waals surface area contributed by atoms with Crippen LogP contribution in [0.5, 0.6) is 23.0 Å². The highest BCUT2D eigenvalue weighted by Gasteiger charge is 2.35. The second kappa shape index (κ2) is 7.39. The zero-order chi connectivity index (χ0) is 21.7. The number of aromatic nitrogens is 1. The van der Waals surface area contributed by atoms with Crippen molar-refractivity contribution >= 4 is 11.9 Å². The van der Waals surface area contributed by atoms with Crippen molar-refractivity contribution in [2.24, 2.45) is 0 Å². The smallest absolute Gasteiger partial charge is 0.232 e.